The number of methoxy groups -OCH3 is 1. The van der Waals surface area contributed by atoms with Crippen LogP contribution >= 0.6 is 11.8 Å². The smallest absolute Gasteiger partial charge is 0.332 e. The molecule has 9 heteroatoms. The molecule has 0 bridgehead atoms. The Balaban J connectivity index is 1.42. The minimum absolute atomic E-state index is 0.0675. The molecule has 0 saturated carbocycles. The van der Waals surface area contributed by atoms with E-state index in [1.165, 1.54) is 23.8 Å². The summed E-state index contributed by atoms with van der Waals surface area (Å²) in [7, 11) is 1.28. The number of benzene rings is 2. The number of hydrogen-bond donors (Lipinski definition) is 0. The lowest BCUT2D eigenvalue weighted by atomic mass is 9.81. The molecule has 0 radical (unpaired) electrons. The van der Waals surface area contributed by atoms with Gasteiger partial charge in [-0.05, 0) is 12.5 Å². The summed E-state index contributed by atoms with van der Waals surface area (Å²) in [4.78, 5) is 60.5. The quantitative estimate of drug-likeness (QED) is 0.348. The fourth-order valence-electron chi connectivity index (χ4n) is 5.47. The number of amidine groups is 1. The van der Waals surface area contributed by atoms with Gasteiger partial charge in [-0.1, -0.05) is 72.4 Å². The van der Waals surface area contributed by atoms with Gasteiger partial charge < -0.3 is 9.64 Å². The Morgan fingerprint density at radius 2 is 1.71 bits per heavy atom. The zero-order valence-electron chi connectivity index (χ0n) is 19.4. The van der Waals surface area contributed by atoms with Crippen LogP contribution < -0.4 is 0 Å². The van der Waals surface area contributed by atoms with Crippen molar-refractivity contribution in [2.45, 2.75) is 25.0 Å². The van der Waals surface area contributed by atoms with E-state index < -0.39 is 29.4 Å². The third kappa shape index (κ3) is 3.65. The van der Waals surface area contributed by atoms with Crippen molar-refractivity contribution in [3.8, 4) is 0 Å². The molecule has 35 heavy (non-hydrogen) atoms. The standard InChI is InChI=1S/C26H25N3O5S/c1-26(24(33)34-2)21-20(22(31)28(23(21)32)14-16-9-5-3-6-10-16)18-13-27-25(29(18)26)35-15-19(30)17-11-7-4-8-12-17/h3-12,18,20-21H,13-15H2,1-2H3/t18-,20+,21-,26-/m1/s1. The molecule has 2 saturated heterocycles. The average Bonchev–Trinajstić information content (AvgIpc) is 3.50. The van der Waals surface area contributed by atoms with Crippen molar-refractivity contribution in [2.75, 3.05) is 19.4 Å². The largest absolute Gasteiger partial charge is 0.467 e. The van der Waals surface area contributed by atoms with E-state index in [9.17, 15) is 19.2 Å². The molecule has 0 aliphatic carbocycles. The third-order valence-electron chi connectivity index (χ3n) is 7.12. The van der Waals surface area contributed by atoms with Gasteiger partial charge in [-0.3, -0.25) is 24.3 Å². The number of imide groups is 1. The highest BCUT2D eigenvalue weighted by molar-refractivity contribution is 8.14. The Hall–Kier alpha value is -3.46. The molecule has 0 unspecified atom stereocenters. The van der Waals surface area contributed by atoms with Gasteiger partial charge in [-0.2, -0.15) is 0 Å². The van der Waals surface area contributed by atoms with Crippen LogP contribution in [0.25, 0.3) is 0 Å². The molecule has 2 aromatic carbocycles. The monoisotopic (exact) mass is 491 g/mol. The summed E-state index contributed by atoms with van der Waals surface area (Å²) in [6.45, 7) is 2.07. The molecule has 3 heterocycles. The maximum absolute atomic E-state index is 13.6. The summed E-state index contributed by atoms with van der Waals surface area (Å²) in [5.74, 6) is -2.80. The number of nitrogens with zero attached hydrogens (tertiary/aromatic N) is 3. The first-order chi connectivity index (χ1) is 16.9. The number of amides is 2. The first kappa shape index (κ1) is 23.3. The van der Waals surface area contributed by atoms with Crippen LogP contribution in [0.4, 0.5) is 0 Å². The zero-order valence-corrected chi connectivity index (χ0v) is 20.2. The van der Waals surface area contributed by atoms with Gasteiger partial charge in [0.15, 0.2) is 11.0 Å². The number of ether oxygens (including phenoxy) is 1. The number of rotatable bonds is 6. The lowest BCUT2D eigenvalue weighted by Crippen LogP contribution is -2.57. The number of fused-ring (bicyclic) bond motifs is 3. The molecule has 0 N–H and O–H groups in total. The van der Waals surface area contributed by atoms with Crippen molar-refractivity contribution >= 4 is 40.5 Å². The Morgan fingerprint density at radius 1 is 1.06 bits per heavy atom. The predicted molar refractivity (Wildman–Crippen MR) is 131 cm³/mol. The van der Waals surface area contributed by atoms with Gasteiger partial charge in [-0.15, -0.1) is 0 Å². The van der Waals surface area contributed by atoms with Crippen molar-refractivity contribution in [3.63, 3.8) is 0 Å². The first-order valence-corrected chi connectivity index (χ1v) is 12.4. The van der Waals surface area contributed by atoms with Crippen LogP contribution in [0, 0.1) is 11.8 Å². The number of ketones is 1. The van der Waals surface area contributed by atoms with Gasteiger partial charge in [0, 0.05) is 5.56 Å². The van der Waals surface area contributed by atoms with Crippen LogP contribution in [-0.2, 0) is 25.7 Å². The SMILES string of the molecule is COC(=O)[C@@]1(C)[C@H]2C(=O)N(Cc3ccccc3)C(=O)[C@H]2[C@H]2CN=C(SCC(=O)c3ccccc3)N21. The minimum atomic E-state index is -1.40. The molecular weight excluding hydrogens is 466 g/mol. The van der Waals surface area contributed by atoms with Crippen LogP contribution in [0.1, 0.15) is 22.8 Å². The van der Waals surface area contributed by atoms with E-state index in [2.05, 4.69) is 4.99 Å². The summed E-state index contributed by atoms with van der Waals surface area (Å²) in [6, 6.07) is 17.8. The molecule has 3 aliphatic rings. The van der Waals surface area contributed by atoms with Gasteiger partial charge in [0.1, 0.15) is 5.54 Å². The number of esters is 1. The molecule has 4 atom stereocenters. The van der Waals surface area contributed by atoms with E-state index in [0.29, 0.717) is 10.7 Å². The van der Waals surface area contributed by atoms with E-state index in [1.54, 1.807) is 36.1 Å². The fourth-order valence-corrected chi connectivity index (χ4v) is 6.53. The highest BCUT2D eigenvalue weighted by Gasteiger charge is 2.72. The normalized spacial score (nSPS) is 27.0. The number of likely N-dealkylation sites (tertiary alicyclic amines) is 1. The highest BCUT2D eigenvalue weighted by atomic mass is 32.2. The Morgan fingerprint density at radius 3 is 2.37 bits per heavy atom. The summed E-state index contributed by atoms with van der Waals surface area (Å²) in [5, 5.41) is 0.483. The summed E-state index contributed by atoms with van der Waals surface area (Å²) < 4.78 is 5.14. The number of carbonyl (C=O) groups is 4. The molecule has 8 nitrogen and oxygen atoms in total. The second-order valence-electron chi connectivity index (χ2n) is 9.03. The third-order valence-corrected chi connectivity index (χ3v) is 8.12. The van der Waals surface area contributed by atoms with E-state index >= 15 is 0 Å². The maximum atomic E-state index is 13.6. The van der Waals surface area contributed by atoms with Crippen LogP contribution in [0.15, 0.2) is 65.7 Å². The number of hydrogen-bond acceptors (Lipinski definition) is 8. The zero-order chi connectivity index (χ0) is 24.7. The molecule has 2 amide bonds. The number of carbonyl (C=O) groups excluding carboxylic acids is 4. The number of thioether (sulfide) groups is 1. The van der Waals surface area contributed by atoms with Gasteiger partial charge >= 0.3 is 5.97 Å². The van der Waals surface area contributed by atoms with Crippen molar-refractivity contribution < 1.29 is 23.9 Å². The lowest BCUT2D eigenvalue weighted by molar-refractivity contribution is -0.157. The Kier molecular flexibility index (Phi) is 5.96. The predicted octanol–water partition coefficient (Wildman–Crippen LogP) is 2.39. The van der Waals surface area contributed by atoms with E-state index in [4.69, 9.17) is 4.74 Å². The molecule has 2 fully saturated rings. The molecule has 0 aromatic heterocycles. The second-order valence-corrected chi connectivity index (χ2v) is 9.97. The Bertz CT molecular complexity index is 1220. The molecule has 5 rings (SSSR count). The van der Waals surface area contributed by atoms with Crippen LogP contribution in [0.5, 0.6) is 0 Å². The molecule has 0 spiro atoms. The summed E-state index contributed by atoms with van der Waals surface area (Å²) >= 11 is 1.22. The summed E-state index contributed by atoms with van der Waals surface area (Å²) in [5.41, 5.74) is 0.0237. The lowest BCUT2D eigenvalue weighted by Gasteiger charge is -2.37. The molecule has 3 aliphatic heterocycles. The van der Waals surface area contributed by atoms with Crippen LogP contribution in [0.2, 0.25) is 0 Å². The Labute approximate surface area is 207 Å². The maximum Gasteiger partial charge on any atom is 0.332 e. The van der Waals surface area contributed by atoms with Gasteiger partial charge in [0.2, 0.25) is 11.8 Å². The van der Waals surface area contributed by atoms with Crippen LogP contribution in [-0.4, -0.2) is 69.5 Å². The minimum Gasteiger partial charge on any atom is -0.467 e. The van der Waals surface area contributed by atoms with E-state index in [-0.39, 0.29) is 36.4 Å². The van der Waals surface area contributed by atoms with Gasteiger partial charge in [0.05, 0.1) is 43.8 Å². The number of Topliss-reactive ketones (excluding diaryl/α,β-unsaturated/α-hetero) is 1. The van der Waals surface area contributed by atoms with Gasteiger partial charge in [-0.25, -0.2) is 4.79 Å². The van der Waals surface area contributed by atoms with Crippen molar-refractivity contribution in [1.29, 1.82) is 0 Å². The highest BCUT2D eigenvalue weighted by Crippen LogP contribution is 2.52. The topological polar surface area (TPSA) is 96.4 Å². The second kappa shape index (κ2) is 8.96. The average molecular weight is 492 g/mol. The first-order valence-electron chi connectivity index (χ1n) is 11.4. The summed E-state index contributed by atoms with van der Waals surface area (Å²) in [6.07, 6.45) is 0. The van der Waals surface area contributed by atoms with Crippen molar-refractivity contribution in [3.05, 3.63) is 71.8 Å². The fraction of sp³-hybridized carbons (Fsp3) is 0.346. The van der Waals surface area contributed by atoms with Crippen molar-refractivity contribution in [2.24, 2.45) is 16.8 Å². The number of aliphatic imine (C=N–C) groups is 1. The van der Waals surface area contributed by atoms with E-state index in [1.807, 2.05) is 36.4 Å². The van der Waals surface area contributed by atoms with E-state index in [0.717, 1.165) is 5.56 Å². The molecular formula is C26H25N3O5S. The molecule has 180 valence electrons. The van der Waals surface area contributed by atoms with Gasteiger partial charge in [0.25, 0.3) is 0 Å². The molecule has 2 aromatic rings. The van der Waals surface area contributed by atoms with Crippen LogP contribution in [0.3, 0.4) is 0 Å². The van der Waals surface area contributed by atoms with Crippen molar-refractivity contribution in [1.82, 2.24) is 9.80 Å².